The van der Waals surface area contributed by atoms with Gasteiger partial charge in [-0.1, -0.05) is 5.92 Å². The molecular weight excluding hydrogens is 447 g/mol. The van der Waals surface area contributed by atoms with Crippen molar-refractivity contribution in [3.8, 4) is 17.6 Å². The Hall–Kier alpha value is -3.57. The summed E-state index contributed by atoms with van der Waals surface area (Å²) in [5.41, 5.74) is 1.94. The quantitative estimate of drug-likeness (QED) is 0.485. The third-order valence-corrected chi connectivity index (χ3v) is 6.61. The van der Waals surface area contributed by atoms with E-state index < -0.39 is 12.1 Å². The molecule has 3 heterocycles. The lowest BCUT2D eigenvalue weighted by Crippen LogP contribution is -2.41. The lowest BCUT2D eigenvalue weighted by Gasteiger charge is -2.37. The van der Waals surface area contributed by atoms with Crippen LogP contribution in [0, 0.1) is 23.7 Å². The summed E-state index contributed by atoms with van der Waals surface area (Å²) in [6.07, 6.45) is 7.15. The standard InChI is InChI=1S/C27H29FN4O3/c1-35-22-5-7-26-24(16-22)23(8-10-31-26)25(28)6-4-19-9-14-32(18-20(19)15-27(33)34)13-2-3-21-17-29-11-12-30-21/h5,7-8,10-12,16-17,19-20,25H,4,6,9,13-15,18H2,1H3,(H,33,34)/t19-,20+,25-/m1/s1. The number of carboxylic acid groups (broad SMARTS) is 1. The zero-order chi connectivity index (χ0) is 24.6. The molecule has 0 saturated carbocycles. The molecule has 0 bridgehead atoms. The Bertz CT molecular complexity index is 1210. The molecule has 0 aliphatic carbocycles. The smallest absolute Gasteiger partial charge is 0.303 e. The van der Waals surface area contributed by atoms with E-state index in [0.717, 1.165) is 23.9 Å². The summed E-state index contributed by atoms with van der Waals surface area (Å²) in [4.78, 5) is 26.2. The van der Waals surface area contributed by atoms with Crippen LogP contribution in [0.15, 0.2) is 49.1 Å². The van der Waals surface area contributed by atoms with Crippen LogP contribution in [0.4, 0.5) is 4.39 Å². The summed E-state index contributed by atoms with van der Waals surface area (Å²) in [6.45, 7) is 1.98. The van der Waals surface area contributed by atoms with Crippen LogP contribution in [0.25, 0.3) is 10.9 Å². The highest BCUT2D eigenvalue weighted by Crippen LogP contribution is 2.36. The van der Waals surface area contributed by atoms with Crippen molar-refractivity contribution in [3.63, 3.8) is 0 Å². The first-order chi connectivity index (χ1) is 17.0. The molecule has 3 atom stereocenters. The molecule has 1 saturated heterocycles. The van der Waals surface area contributed by atoms with Crippen molar-refractivity contribution in [2.45, 2.75) is 31.9 Å². The summed E-state index contributed by atoms with van der Waals surface area (Å²) < 4.78 is 20.7. The molecule has 1 aromatic carbocycles. The van der Waals surface area contributed by atoms with Crippen molar-refractivity contribution < 1.29 is 19.0 Å². The Kier molecular flexibility index (Phi) is 8.22. The minimum absolute atomic E-state index is 0.0407. The van der Waals surface area contributed by atoms with Crippen LogP contribution in [-0.2, 0) is 4.79 Å². The van der Waals surface area contributed by atoms with Gasteiger partial charge >= 0.3 is 5.97 Å². The van der Waals surface area contributed by atoms with Crippen LogP contribution >= 0.6 is 0 Å². The molecule has 182 valence electrons. The number of nitrogens with zero attached hydrogens (tertiary/aromatic N) is 4. The van der Waals surface area contributed by atoms with Crippen LogP contribution in [0.1, 0.15) is 43.1 Å². The molecule has 0 radical (unpaired) electrons. The Morgan fingerprint density at radius 1 is 1.26 bits per heavy atom. The highest BCUT2D eigenvalue weighted by molar-refractivity contribution is 5.83. The lowest BCUT2D eigenvalue weighted by molar-refractivity contribution is -0.139. The number of aliphatic carboxylic acids is 1. The number of fused-ring (bicyclic) bond motifs is 1. The predicted molar refractivity (Wildman–Crippen MR) is 131 cm³/mol. The molecule has 3 aromatic rings. The number of likely N-dealkylation sites (tertiary alicyclic amines) is 1. The van der Waals surface area contributed by atoms with Gasteiger partial charge in [0.15, 0.2) is 0 Å². The van der Waals surface area contributed by atoms with E-state index >= 15 is 4.39 Å². The Labute approximate surface area is 204 Å². The van der Waals surface area contributed by atoms with Gasteiger partial charge in [-0.3, -0.25) is 19.7 Å². The first-order valence-electron chi connectivity index (χ1n) is 11.8. The van der Waals surface area contributed by atoms with Gasteiger partial charge in [-0.05, 0) is 73.4 Å². The molecule has 8 heteroatoms. The van der Waals surface area contributed by atoms with Gasteiger partial charge in [-0.2, -0.15) is 0 Å². The second-order valence-electron chi connectivity index (χ2n) is 8.86. The SMILES string of the molecule is COc1ccc2nccc([C@H](F)CC[C@@H]3CCN(CC#Cc4cnccn4)C[C@@H]3CC(=O)O)c2c1. The monoisotopic (exact) mass is 476 g/mol. The number of carboxylic acids is 1. The van der Waals surface area contributed by atoms with E-state index in [1.165, 1.54) is 0 Å². The van der Waals surface area contributed by atoms with Crippen LogP contribution < -0.4 is 4.74 Å². The number of ether oxygens (including phenoxy) is 1. The van der Waals surface area contributed by atoms with Crippen LogP contribution in [-0.4, -0.2) is 57.7 Å². The fraction of sp³-hybridized carbons (Fsp3) is 0.407. The number of halogens is 1. The van der Waals surface area contributed by atoms with E-state index in [1.807, 2.05) is 18.2 Å². The molecule has 4 rings (SSSR count). The minimum atomic E-state index is -1.16. The molecule has 1 fully saturated rings. The first-order valence-corrected chi connectivity index (χ1v) is 11.8. The second kappa shape index (κ2) is 11.7. The fourth-order valence-corrected chi connectivity index (χ4v) is 4.80. The summed E-state index contributed by atoms with van der Waals surface area (Å²) in [5.74, 6) is 6.05. The van der Waals surface area contributed by atoms with Gasteiger partial charge in [-0.15, -0.1) is 0 Å². The van der Waals surface area contributed by atoms with Gasteiger partial charge in [0, 0.05) is 36.9 Å². The maximum Gasteiger partial charge on any atom is 0.303 e. The van der Waals surface area contributed by atoms with E-state index in [9.17, 15) is 9.90 Å². The maximum atomic E-state index is 15.4. The summed E-state index contributed by atoms with van der Waals surface area (Å²) >= 11 is 0. The minimum Gasteiger partial charge on any atom is -0.497 e. The normalized spacial score (nSPS) is 19.0. The van der Waals surface area contributed by atoms with Gasteiger partial charge in [0.1, 0.15) is 17.6 Å². The topological polar surface area (TPSA) is 88.4 Å². The summed E-state index contributed by atoms with van der Waals surface area (Å²) in [5, 5.41) is 10.2. The third-order valence-electron chi connectivity index (χ3n) is 6.61. The van der Waals surface area contributed by atoms with E-state index in [4.69, 9.17) is 4.74 Å². The van der Waals surface area contributed by atoms with Crippen molar-refractivity contribution >= 4 is 16.9 Å². The van der Waals surface area contributed by atoms with Gasteiger partial charge in [0.05, 0.1) is 25.4 Å². The highest BCUT2D eigenvalue weighted by Gasteiger charge is 2.31. The van der Waals surface area contributed by atoms with Crippen molar-refractivity contribution in [2.75, 3.05) is 26.7 Å². The average Bonchev–Trinajstić information content (AvgIpc) is 2.87. The molecule has 1 aliphatic rings. The van der Waals surface area contributed by atoms with E-state index in [-0.39, 0.29) is 18.3 Å². The number of hydrogen-bond acceptors (Lipinski definition) is 6. The van der Waals surface area contributed by atoms with Crippen molar-refractivity contribution in [3.05, 3.63) is 60.3 Å². The number of methoxy groups -OCH3 is 1. The van der Waals surface area contributed by atoms with E-state index in [0.29, 0.717) is 42.9 Å². The molecule has 1 aliphatic heterocycles. The van der Waals surface area contributed by atoms with Crippen LogP contribution in [0.3, 0.4) is 0 Å². The Balaban J connectivity index is 1.39. The molecule has 35 heavy (non-hydrogen) atoms. The zero-order valence-electron chi connectivity index (χ0n) is 19.7. The number of rotatable bonds is 8. The Morgan fingerprint density at radius 3 is 2.91 bits per heavy atom. The number of piperidine rings is 1. The first kappa shape index (κ1) is 24.6. The Morgan fingerprint density at radius 2 is 2.14 bits per heavy atom. The number of hydrogen-bond donors (Lipinski definition) is 1. The predicted octanol–water partition coefficient (Wildman–Crippen LogP) is 4.29. The fourth-order valence-electron chi connectivity index (χ4n) is 4.80. The molecular formula is C27H29FN4O3. The van der Waals surface area contributed by atoms with Crippen LogP contribution in [0.5, 0.6) is 5.75 Å². The molecule has 0 spiro atoms. The second-order valence-corrected chi connectivity index (χ2v) is 8.86. The van der Waals surface area contributed by atoms with Crippen LogP contribution in [0.2, 0.25) is 0 Å². The highest BCUT2D eigenvalue weighted by atomic mass is 19.1. The van der Waals surface area contributed by atoms with Crippen molar-refractivity contribution in [1.82, 2.24) is 19.9 Å². The number of alkyl halides is 1. The van der Waals surface area contributed by atoms with E-state index in [2.05, 4.69) is 31.7 Å². The largest absolute Gasteiger partial charge is 0.497 e. The summed E-state index contributed by atoms with van der Waals surface area (Å²) in [6, 6.07) is 7.18. The van der Waals surface area contributed by atoms with E-state index in [1.54, 1.807) is 38.0 Å². The molecule has 0 unspecified atom stereocenters. The van der Waals surface area contributed by atoms with Gasteiger partial charge in [0.25, 0.3) is 0 Å². The van der Waals surface area contributed by atoms with Gasteiger partial charge < -0.3 is 9.84 Å². The van der Waals surface area contributed by atoms with Gasteiger partial charge in [-0.25, -0.2) is 9.37 Å². The molecule has 0 amide bonds. The molecule has 1 N–H and O–H groups in total. The van der Waals surface area contributed by atoms with Gasteiger partial charge in [0.2, 0.25) is 0 Å². The number of benzene rings is 1. The lowest BCUT2D eigenvalue weighted by atomic mass is 9.79. The van der Waals surface area contributed by atoms with Crippen molar-refractivity contribution in [1.29, 1.82) is 0 Å². The molecule has 7 nitrogen and oxygen atoms in total. The third kappa shape index (κ3) is 6.52. The number of pyridine rings is 1. The van der Waals surface area contributed by atoms with Crippen molar-refractivity contribution in [2.24, 2.45) is 11.8 Å². The number of carbonyl (C=O) groups is 1. The number of aromatic nitrogens is 3. The summed E-state index contributed by atoms with van der Waals surface area (Å²) in [7, 11) is 1.58. The maximum absolute atomic E-state index is 15.4. The zero-order valence-corrected chi connectivity index (χ0v) is 19.7. The molecule has 2 aromatic heterocycles. The average molecular weight is 477 g/mol.